The molecule has 3 rings (SSSR count). The number of halogens is 1. The minimum Gasteiger partial charge on any atom is -0.393 e. The van der Waals surface area contributed by atoms with Crippen LogP contribution in [0, 0.1) is 0 Å². The van der Waals surface area contributed by atoms with E-state index in [4.69, 9.17) is 10.5 Å². The number of aliphatic hydroxyl groups is 3. The van der Waals surface area contributed by atoms with Gasteiger partial charge >= 0.3 is 0 Å². The Labute approximate surface area is 124 Å². The van der Waals surface area contributed by atoms with Crippen LogP contribution in [-0.4, -0.2) is 65.4 Å². The maximum absolute atomic E-state index is 13.3. The number of nitrogens with zero attached hydrogens (tertiary/aromatic N) is 4. The lowest BCUT2D eigenvalue weighted by Gasteiger charge is -2.29. The lowest BCUT2D eigenvalue weighted by Crippen LogP contribution is -2.52. The zero-order valence-electron chi connectivity index (χ0n) is 11.7. The monoisotopic (exact) mass is 313 g/mol. The highest BCUT2D eigenvalue weighted by Crippen LogP contribution is 2.45. The molecular formula is C12H16FN5O4. The molecule has 22 heavy (non-hydrogen) atoms. The molecule has 0 saturated carbocycles. The molecular weight excluding hydrogens is 297 g/mol. The van der Waals surface area contributed by atoms with Crippen molar-refractivity contribution in [3.63, 3.8) is 0 Å². The van der Waals surface area contributed by atoms with Gasteiger partial charge in [0.1, 0.15) is 30.2 Å². The van der Waals surface area contributed by atoms with Gasteiger partial charge in [-0.25, -0.2) is 19.3 Å². The van der Waals surface area contributed by atoms with Gasteiger partial charge in [0.05, 0.1) is 12.9 Å². The van der Waals surface area contributed by atoms with Gasteiger partial charge in [0.2, 0.25) is 0 Å². The summed E-state index contributed by atoms with van der Waals surface area (Å²) < 4.78 is 20.1. The van der Waals surface area contributed by atoms with Crippen molar-refractivity contribution < 1.29 is 24.4 Å². The largest absolute Gasteiger partial charge is 0.393 e. The minimum atomic E-state index is -1.91. The third-order valence-electron chi connectivity index (χ3n) is 4.03. The Morgan fingerprint density at radius 2 is 2.18 bits per heavy atom. The van der Waals surface area contributed by atoms with Crippen molar-refractivity contribution in [2.75, 3.05) is 19.0 Å². The number of ether oxygens (including phenoxy) is 1. The Bertz CT molecular complexity index is 702. The summed E-state index contributed by atoms with van der Waals surface area (Å²) in [6, 6.07) is 0. The van der Waals surface area contributed by atoms with Gasteiger partial charge in [0.25, 0.3) is 0 Å². The molecule has 9 nitrogen and oxygen atoms in total. The smallest absolute Gasteiger partial charge is 0.168 e. The topological polar surface area (TPSA) is 140 Å². The van der Waals surface area contributed by atoms with E-state index in [0.717, 1.165) is 0 Å². The fourth-order valence-corrected chi connectivity index (χ4v) is 2.72. The summed E-state index contributed by atoms with van der Waals surface area (Å²) >= 11 is 0. The molecule has 3 heterocycles. The highest BCUT2D eigenvalue weighted by atomic mass is 19.1. The van der Waals surface area contributed by atoms with E-state index in [9.17, 15) is 19.7 Å². The Morgan fingerprint density at radius 1 is 1.45 bits per heavy atom. The predicted molar refractivity (Wildman–Crippen MR) is 72.3 cm³/mol. The number of hydrogen-bond donors (Lipinski definition) is 4. The number of aliphatic hydroxyl groups excluding tert-OH is 2. The second-order valence-electron chi connectivity index (χ2n) is 5.54. The van der Waals surface area contributed by atoms with Gasteiger partial charge in [0.15, 0.2) is 23.3 Å². The lowest BCUT2D eigenvalue weighted by atomic mass is 9.88. The van der Waals surface area contributed by atoms with Crippen LogP contribution in [0.3, 0.4) is 0 Å². The van der Waals surface area contributed by atoms with Crippen molar-refractivity contribution >= 4 is 17.0 Å². The van der Waals surface area contributed by atoms with Crippen molar-refractivity contribution in [1.82, 2.24) is 19.5 Å². The molecule has 0 aliphatic carbocycles. The number of rotatable bonds is 3. The highest BCUT2D eigenvalue weighted by molar-refractivity contribution is 5.81. The van der Waals surface area contributed by atoms with Crippen molar-refractivity contribution in [3.8, 4) is 0 Å². The van der Waals surface area contributed by atoms with E-state index in [1.54, 1.807) is 0 Å². The molecule has 10 heteroatoms. The molecule has 1 aliphatic rings. The zero-order valence-corrected chi connectivity index (χ0v) is 11.7. The maximum atomic E-state index is 13.3. The number of hydrogen-bond acceptors (Lipinski definition) is 8. The molecule has 1 aliphatic heterocycles. The maximum Gasteiger partial charge on any atom is 0.168 e. The van der Waals surface area contributed by atoms with Gasteiger partial charge in [0, 0.05) is 0 Å². The third-order valence-corrected chi connectivity index (χ3v) is 4.03. The molecule has 2 aromatic rings. The number of nitrogens with two attached hydrogens (primary N) is 1. The van der Waals surface area contributed by atoms with Gasteiger partial charge in [-0.2, -0.15) is 0 Å². The highest BCUT2D eigenvalue weighted by Gasteiger charge is 2.62. The first kappa shape index (κ1) is 15.0. The Hall–Kier alpha value is -1.88. The molecule has 0 spiro atoms. The minimum absolute atomic E-state index is 0.140. The van der Waals surface area contributed by atoms with Crippen LogP contribution in [0.25, 0.3) is 11.2 Å². The van der Waals surface area contributed by atoms with E-state index >= 15 is 0 Å². The van der Waals surface area contributed by atoms with E-state index in [0.29, 0.717) is 0 Å². The summed E-state index contributed by atoms with van der Waals surface area (Å²) in [4.78, 5) is 11.9. The van der Waals surface area contributed by atoms with Gasteiger partial charge in [-0.1, -0.05) is 0 Å². The van der Waals surface area contributed by atoms with Crippen molar-refractivity contribution in [3.05, 3.63) is 12.7 Å². The average Bonchev–Trinajstić information content (AvgIpc) is 3.00. The molecule has 4 atom stereocenters. The fourth-order valence-electron chi connectivity index (χ4n) is 2.72. The summed E-state index contributed by atoms with van der Waals surface area (Å²) in [5.74, 6) is 0.140. The van der Waals surface area contributed by atoms with Crippen molar-refractivity contribution in [2.24, 2.45) is 0 Å². The number of alkyl halides is 1. The summed E-state index contributed by atoms with van der Waals surface area (Å²) in [7, 11) is 0. The molecule has 0 radical (unpaired) electrons. The number of aromatic nitrogens is 4. The van der Waals surface area contributed by atoms with E-state index < -0.39 is 36.8 Å². The number of fused-ring (bicyclic) bond motifs is 1. The summed E-state index contributed by atoms with van der Waals surface area (Å²) in [5.41, 5.74) is 2.45. The molecule has 1 saturated heterocycles. The fraction of sp³-hybridized carbons (Fsp3) is 0.583. The molecule has 2 aromatic heterocycles. The van der Waals surface area contributed by atoms with Crippen LogP contribution in [-0.2, 0) is 4.74 Å². The SMILES string of the molecule is C[C@@]1(O)[C@H](O)[C@](CO)(CF)O[C@H]1n1cnc2c(N)ncnc21. The van der Waals surface area contributed by atoms with E-state index in [-0.39, 0.29) is 17.0 Å². The van der Waals surface area contributed by atoms with Crippen LogP contribution in [0.5, 0.6) is 0 Å². The summed E-state index contributed by atoms with van der Waals surface area (Å²) in [6.45, 7) is -0.673. The summed E-state index contributed by atoms with van der Waals surface area (Å²) in [5, 5.41) is 30.1. The predicted octanol–water partition coefficient (Wildman–Crippen LogP) is -1.25. The first-order chi connectivity index (χ1) is 10.4. The molecule has 5 N–H and O–H groups in total. The van der Waals surface area contributed by atoms with Crippen LogP contribution < -0.4 is 5.73 Å². The Kier molecular flexibility index (Phi) is 3.29. The third kappa shape index (κ3) is 1.81. The van der Waals surface area contributed by atoms with Gasteiger partial charge < -0.3 is 25.8 Å². The first-order valence-corrected chi connectivity index (χ1v) is 6.55. The second kappa shape index (κ2) is 4.81. The van der Waals surface area contributed by atoms with Crippen molar-refractivity contribution in [1.29, 1.82) is 0 Å². The number of anilines is 1. The zero-order chi connectivity index (χ0) is 16.1. The molecule has 0 amide bonds. The van der Waals surface area contributed by atoms with Crippen LogP contribution in [0.2, 0.25) is 0 Å². The lowest BCUT2D eigenvalue weighted by molar-refractivity contribution is -0.137. The number of nitrogen functional groups attached to an aromatic ring is 1. The van der Waals surface area contributed by atoms with Crippen LogP contribution >= 0.6 is 0 Å². The number of imidazole rings is 1. The molecule has 0 unspecified atom stereocenters. The van der Waals surface area contributed by atoms with Crippen molar-refractivity contribution in [2.45, 2.75) is 30.5 Å². The normalized spacial score (nSPS) is 35.3. The van der Waals surface area contributed by atoms with E-state index in [1.165, 1.54) is 24.1 Å². The first-order valence-electron chi connectivity index (χ1n) is 6.55. The summed E-state index contributed by atoms with van der Waals surface area (Å²) in [6.07, 6.45) is -0.334. The standard InChI is InChI=1S/C12H16FN5O4/c1-11(21)9(20)12(2-13,3-19)22-10(11)18-5-17-6-7(14)15-4-16-8(6)18/h4-5,9-10,19-21H,2-3H2,1H3,(H2,14,15,16)/t9-,10+,11+,12+/m0/s1. The van der Waals surface area contributed by atoms with E-state index in [2.05, 4.69) is 15.0 Å². The Balaban J connectivity index is 2.12. The second-order valence-corrected chi connectivity index (χ2v) is 5.54. The average molecular weight is 313 g/mol. The van der Waals surface area contributed by atoms with Gasteiger partial charge in [-0.05, 0) is 6.92 Å². The van der Waals surface area contributed by atoms with Gasteiger partial charge in [-0.15, -0.1) is 0 Å². The molecule has 0 bridgehead atoms. The van der Waals surface area contributed by atoms with Crippen LogP contribution in [0.1, 0.15) is 13.2 Å². The Morgan fingerprint density at radius 3 is 2.77 bits per heavy atom. The molecule has 120 valence electrons. The van der Waals surface area contributed by atoms with Crippen LogP contribution in [0.4, 0.5) is 10.2 Å². The van der Waals surface area contributed by atoms with E-state index in [1.807, 2.05) is 0 Å². The molecule has 0 aromatic carbocycles. The van der Waals surface area contributed by atoms with Crippen LogP contribution in [0.15, 0.2) is 12.7 Å². The quantitative estimate of drug-likeness (QED) is 0.551. The van der Waals surface area contributed by atoms with Gasteiger partial charge in [-0.3, -0.25) is 4.57 Å². The molecule has 1 fully saturated rings.